The van der Waals surface area contributed by atoms with Crippen molar-refractivity contribution in [1.82, 2.24) is 15.1 Å². The second-order valence-electron chi connectivity index (χ2n) is 5.60. The highest BCUT2D eigenvalue weighted by Gasteiger charge is 2.40. The van der Waals surface area contributed by atoms with E-state index in [0.29, 0.717) is 19.3 Å². The Morgan fingerprint density at radius 1 is 1.24 bits per heavy atom. The fourth-order valence-electron chi connectivity index (χ4n) is 2.90. The molecule has 1 aliphatic heterocycles. The molecule has 1 aromatic heterocycles. The highest BCUT2D eigenvalue weighted by Crippen LogP contribution is 2.33. The minimum absolute atomic E-state index is 0.490. The van der Waals surface area contributed by atoms with E-state index in [2.05, 4.69) is 10.4 Å². The molecule has 2 aromatic rings. The number of hydrogen-bond donors (Lipinski definition) is 2. The van der Waals surface area contributed by atoms with E-state index in [-0.39, 0.29) is 0 Å². The third kappa shape index (κ3) is 2.83. The molecule has 0 bridgehead atoms. The molecular formula is C16H19N3O2. The van der Waals surface area contributed by atoms with Gasteiger partial charge in [0.25, 0.3) is 0 Å². The number of nitrogens with zero attached hydrogens (tertiary/aromatic N) is 2. The molecule has 1 fully saturated rings. The first-order chi connectivity index (χ1) is 10.2. The summed E-state index contributed by atoms with van der Waals surface area (Å²) in [5.74, 6) is -0.710. The molecule has 3 rings (SSSR count). The van der Waals surface area contributed by atoms with Gasteiger partial charge in [-0.05, 0) is 44.1 Å². The Bertz CT molecular complexity index is 615. The number of hydrogen-bond acceptors (Lipinski definition) is 3. The third-order valence-electron chi connectivity index (χ3n) is 4.20. The fraction of sp³-hybridized carbons (Fsp3) is 0.375. The van der Waals surface area contributed by atoms with E-state index in [1.165, 1.54) is 0 Å². The van der Waals surface area contributed by atoms with Crippen LogP contribution in [0.1, 0.15) is 18.5 Å². The minimum atomic E-state index is -0.710. The Morgan fingerprint density at radius 2 is 1.95 bits per heavy atom. The SMILES string of the molecule is O=C(O)C1(Cc2ccn(-c3ccccc3)n2)CCNCC1. The van der Waals surface area contributed by atoms with Crippen molar-refractivity contribution in [2.45, 2.75) is 19.3 Å². The first-order valence-electron chi connectivity index (χ1n) is 7.24. The Morgan fingerprint density at radius 3 is 2.62 bits per heavy atom. The molecule has 0 atom stereocenters. The summed E-state index contributed by atoms with van der Waals surface area (Å²) in [4.78, 5) is 11.7. The van der Waals surface area contributed by atoms with Gasteiger partial charge in [-0.2, -0.15) is 5.10 Å². The number of carbonyl (C=O) groups is 1. The summed E-state index contributed by atoms with van der Waals surface area (Å²) < 4.78 is 1.80. The van der Waals surface area contributed by atoms with Crippen molar-refractivity contribution in [1.29, 1.82) is 0 Å². The molecule has 0 spiro atoms. The summed E-state index contributed by atoms with van der Waals surface area (Å²) in [5.41, 5.74) is 1.14. The maximum absolute atomic E-state index is 11.7. The van der Waals surface area contributed by atoms with Gasteiger partial charge in [-0.25, -0.2) is 4.68 Å². The predicted molar refractivity (Wildman–Crippen MR) is 79.4 cm³/mol. The van der Waals surface area contributed by atoms with E-state index in [0.717, 1.165) is 24.5 Å². The molecule has 0 radical (unpaired) electrons. The molecule has 5 nitrogen and oxygen atoms in total. The van der Waals surface area contributed by atoms with Gasteiger partial charge in [0, 0.05) is 12.6 Å². The lowest BCUT2D eigenvalue weighted by molar-refractivity contribution is -0.150. The van der Waals surface area contributed by atoms with E-state index in [4.69, 9.17) is 0 Å². The smallest absolute Gasteiger partial charge is 0.310 e. The summed E-state index contributed by atoms with van der Waals surface area (Å²) >= 11 is 0. The summed E-state index contributed by atoms with van der Waals surface area (Å²) in [7, 11) is 0. The number of nitrogens with one attached hydrogen (secondary N) is 1. The van der Waals surface area contributed by atoms with E-state index in [9.17, 15) is 9.90 Å². The third-order valence-corrected chi connectivity index (χ3v) is 4.20. The van der Waals surface area contributed by atoms with E-state index in [1.54, 1.807) is 4.68 Å². The monoisotopic (exact) mass is 285 g/mol. The zero-order chi connectivity index (χ0) is 14.7. The van der Waals surface area contributed by atoms with Crippen LogP contribution in [0.3, 0.4) is 0 Å². The van der Waals surface area contributed by atoms with Crippen molar-refractivity contribution >= 4 is 5.97 Å². The summed E-state index contributed by atoms with van der Waals surface area (Å²) in [6, 6.07) is 11.8. The van der Waals surface area contributed by atoms with Gasteiger partial charge in [-0.1, -0.05) is 18.2 Å². The van der Waals surface area contributed by atoms with Crippen LogP contribution in [0.25, 0.3) is 5.69 Å². The standard InChI is InChI=1S/C16H19N3O2/c20-15(21)16(7-9-17-10-8-16)12-13-6-11-19(18-13)14-4-2-1-3-5-14/h1-6,11,17H,7-10,12H2,(H,20,21). The van der Waals surface area contributed by atoms with Crippen LogP contribution in [-0.2, 0) is 11.2 Å². The van der Waals surface area contributed by atoms with Crippen LogP contribution in [0.15, 0.2) is 42.6 Å². The topological polar surface area (TPSA) is 67.1 Å². The Labute approximate surface area is 123 Å². The molecule has 5 heteroatoms. The molecule has 110 valence electrons. The van der Waals surface area contributed by atoms with E-state index >= 15 is 0 Å². The summed E-state index contributed by atoms with van der Waals surface area (Å²) in [6.45, 7) is 1.51. The molecule has 0 amide bonds. The van der Waals surface area contributed by atoms with Crippen molar-refractivity contribution in [3.8, 4) is 5.69 Å². The van der Waals surface area contributed by atoms with Crippen LogP contribution in [-0.4, -0.2) is 33.9 Å². The van der Waals surface area contributed by atoms with Gasteiger partial charge in [0.15, 0.2) is 0 Å². The Kier molecular flexibility index (Phi) is 3.75. The number of aliphatic carboxylic acids is 1. The molecule has 21 heavy (non-hydrogen) atoms. The quantitative estimate of drug-likeness (QED) is 0.900. The molecule has 1 saturated heterocycles. The van der Waals surface area contributed by atoms with Crippen molar-refractivity contribution < 1.29 is 9.90 Å². The molecule has 1 aromatic carbocycles. The Balaban J connectivity index is 1.81. The Hall–Kier alpha value is -2.14. The highest BCUT2D eigenvalue weighted by atomic mass is 16.4. The van der Waals surface area contributed by atoms with Crippen molar-refractivity contribution in [3.05, 3.63) is 48.3 Å². The number of carboxylic acids is 1. The molecule has 2 heterocycles. The van der Waals surface area contributed by atoms with Gasteiger partial charge >= 0.3 is 5.97 Å². The lowest BCUT2D eigenvalue weighted by Gasteiger charge is -2.33. The van der Waals surface area contributed by atoms with Gasteiger partial charge in [0.1, 0.15) is 0 Å². The van der Waals surface area contributed by atoms with Crippen LogP contribution in [0.4, 0.5) is 0 Å². The van der Waals surface area contributed by atoms with E-state index < -0.39 is 11.4 Å². The van der Waals surface area contributed by atoms with Crippen molar-refractivity contribution in [3.63, 3.8) is 0 Å². The number of aromatic nitrogens is 2. The predicted octanol–water partition coefficient (Wildman–Crippen LogP) is 1.87. The van der Waals surface area contributed by atoms with Gasteiger partial charge in [0.05, 0.1) is 16.8 Å². The van der Waals surface area contributed by atoms with Crippen LogP contribution < -0.4 is 5.32 Å². The van der Waals surface area contributed by atoms with Gasteiger partial charge in [-0.15, -0.1) is 0 Å². The molecule has 0 saturated carbocycles. The van der Waals surface area contributed by atoms with Crippen LogP contribution in [0, 0.1) is 5.41 Å². The van der Waals surface area contributed by atoms with Gasteiger partial charge in [0.2, 0.25) is 0 Å². The molecule has 0 aliphatic carbocycles. The number of carboxylic acid groups (broad SMARTS) is 1. The fourth-order valence-corrected chi connectivity index (χ4v) is 2.90. The molecule has 1 aliphatic rings. The lowest BCUT2D eigenvalue weighted by atomic mass is 9.75. The van der Waals surface area contributed by atoms with Crippen LogP contribution >= 0.6 is 0 Å². The van der Waals surface area contributed by atoms with E-state index in [1.807, 2.05) is 42.6 Å². The zero-order valence-corrected chi connectivity index (χ0v) is 11.8. The van der Waals surface area contributed by atoms with Gasteiger partial charge in [-0.3, -0.25) is 4.79 Å². The normalized spacial score (nSPS) is 17.5. The largest absolute Gasteiger partial charge is 0.481 e. The average Bonchev–Trinajstić information content (AvgIpc) is 2.97. The average molecular weight is 285 g/mol. The summed E-state index contributed by atoms with van der Waals surface area (Å²) in [6.07, 6.45) is 3.69. The maximum Gasteiger partial charge on any atom is 0.310 e. The van der Waals surface area contributed by atoms with Crippen molar-refractivity contribution in [2.75, 3.05) is 13.1 Å². The molecular weight excluding hydrogens is 266 g/mol. The minimum Gasteiger partial charge on any atom is -0.481 e. The number of piperidine rings is 1. The number of para-hydroxylation sites is 1. The van der Waals surface area contributed by atoms with Crippen LogP contribution in [0.5, 0.6) is 0 Å². The molecule has 2 N–H and O–H groups in total. The second kappa shape index (κ2) is 5.69. The summed E-state index contributed by atoms with van der Waals surface area (Å²) in [5, 5.41) is 17.4. The first-order valence-corrected chi connectivity index (χ1v) is 7.24. The van der Waals surface area contributed by atoms with Crippen molar-refractivity contribution in [2.24, 2.45) is 5.41 Å². The second-order valence-corrected chi connectivity index (χ2v) is 5.60. The first kappa shape index (κ1) is 13.8. The van der Waals surface area contributed by atoms with Gasteiger partial charge < -0.3 is 10.4 Å². The molecule has 0 unspecified atom stereocenters. The number of rotatable bonds is 4. The number of benzene rings is 1. The zero-order valence-electron chi connectivity index (χ0n) is 11.8. The van der Waals surface area contributed by atoms with Crippen LogP contribution in [0.2, 0.25) is 0 Å². The highest BCUT2D eigenvalue weighted by molar-refractivity contribution is 5.75. The lowest BCUT2D eigenvalue weighted by Crippen LogP contribution is -2.43. The maximum atomic E-state index is 11.7.